The van der Waals surface area contributed by atoms with Crippen molar-refractivity contribution in [3.05, 3.63) is 59.9 Å². The van der Waals surface area contributed by atoms with Crippen LogP contribution in [-0.4, -0.2) is 24.4 Å². The molecule has 3 rings (SSSR count). The Balaban J connectivity index is 1.56. The summed E-state index contributed by atoms with van der Waals surface area (Å²) >= 11 is 5.15. The SMILES string of the molecule is Fc1cc(/C=N/NC(=S)Nc2ccccc2)ccc1N1CCCC1. The third kappa shape index (κ3) is 4.29. The standard InChI is InChI=1S/C18H19FN4S/c19-16-12-14(8-9-17(16)23-10-4-5-11-23)13-20-22-18(24)21-15-6-2-1-3-7-15/h1-3,6-9,12-13H,4-5,10-11H2,(H2,21,22,24)/b20-13+. The lowest BCUT2D eigenvalue weighted by Crippen LogP contribution is -2.23. The van der Waals surface area contributed by atoms with E-state index in [1.165, 1.54) is 6.07 Å². The molecule has 1 aliphatic heterocycles. The highest BCUT2D eigenvalue weighted by Gasteiger charge is 2.15. The maximum atomic E-state index is 14.2. The molecule has 1 heterocycles. The molecule has 2 aromatic rings. The van der Waals surface area contributed by atoms with E-state index in [9.17, 15) is 4.39 Å². The Labute approximate surface area is 146 Å². The van der Waals surface area contributed by atoms with Gasteiger partial charge in [-0.25, -0.2) is 4.39 Å². The number of thiocarbonyl (C=S) groups is 1. The highest BCUT2D eigenvalue weighted by Crippen LogP contribution is 2.23. The molecule has 0 aliphatic carbocycles. The molecule has 4 nitrogen and oxygen atoms in total. The van der Waals surface area contributed by atoms with Crippen LogP contribution in [0.1, 0.15) is 18.4 Å². The molecule has 6 heteroatoms. The van der Waals surface area contributed by atoms with Gasteiger partial charge in [0, 0.05) is 18.8 Å². The zero-order valence-electron chi connectivity index (χ0n) is 13.2. The van der Waals surface area contributed by atoms with E-state index in [0.29, 0.717) is 16.4 Å². The summed E-state index contributed by atoms with van der Waals surface area (Å²) in [5.41, 5.74) is 4.96. The van der Waals surface area contributed by atoms with Crippen LogP contribution in [0.2, 0.25) is 0 Å². The van der Waals surface area contributed by atoms with Crippen molar-refractivity contribution in [1.82, 2.24) is 5.43 Å². The third-order valence-corrected chi connectivity index (χ3v) is 4.02. The topological polar surface area (TPSA) is 39.7 Å². The van der Waals surface area contributed by atoms with E-state index < -0.39 is 0 Å². The van der Waals surface area contributed by atoms with Gasteiger partial charge in [-0.15, -0.1) is 0 Å². The minimum atomic E-state index is -0.217. The molecule has 0 unspecified atom stereocenters. The Morgan fingerprint density at radius 3 is 2.58 bits per heavy atom. The van der Waals surface area contributed by atoms with Crippen molar-refractivity contribution in [2.45, 2.75) is 12.8 Å². The summed E-state index contributed by atoms with van der Waals surface area (Å²) in [6.07, 6.45) is 3.80. The molecule has 1 fully saturated rings. The Kier molecular flexibility index (Phi) is 5.38. The summed E-state index contributed by atoms with van der Waals surface area (Å²) in [6.45, 7) is 1.84. The molecule has 0 saturated carbocycles. The Morgan fingerprint density at radius 1 is 1.12 bits per heavy atom. The maximum absolute atomic E-state index is 14.2. The van der Waals surface area contributed by atoms with E-state index in [1.54, 1.807) is 6.21 Å². The predicted molar refractivity (Wildman–Crippen MR) is 101 cm³/mol. The molecular weight excluding hydrogens is 323 g/mol. The molecule has 24 heavy (non-hydrogen) atoms. The molecule has 1 saturated heterocycles. The minimum Gasteiger partial charge on any atom is -0.369 e. The first-order valence-electron chi connectivity index (χ1n) is 7.92. The van der Waals surface area contributed by atoms with Crippen LogP contribution >= 0.6 is 12.2 Å². The Bertz CT molecular complexity index is 727. The number of hydrogen-bond donors (Lipinski definition) is 2. The van der Waals surface area contributed by atoms with Crippen LogP contribution in [0, 0.1) is 5.82 Å². The lowest BCUT2D eigenvalue weighted by Gasteiger charge is -2.18. The van der Waals surface area contributed by atoms with Gasteiger partial charge in [-0.3, -0.25) is 5.43 Å². The first-order valence-corrected chi connectivity index (χ1v) is 8.33. The van der Waals surface area contributed by atoms with Gasteiger partial charge in [-0.2, -0.15) is 5.10 Å². The van der Waals surface area contributed by atoms with Gasteiger partial charge in [0.05, 0.1) is 11.9 Å². The van der Waals surface area contributed by atoms with Crippen molar-refractivity contribution in [3.8, 4) is 0 Å². The van der Waals surface area contributed by atoms with Crippen molar-refractivity contribution in [2.24, 2.45) is 5.10 Å². The lowest BCUT2D eigenvalue weighted by molar-refractivity contribution is 0.623. The largest absolute Gasteiger partial charge is 0.369 e. The molecule has 0 spiro atoms. The van der Waals surface area contributed by atoms with E-state index in [4.69, 9.17) is 12.2 Å². The lowest BCUT2D eigenvalue weighted by atomic mass is 10.2. The average Bonchev–Trinajstić information content (AvgIpc) is 3.10. The molecule has 1 aliphatic rings. The average molecular weight is 342 g/mol. The van der Waals surface area contributed by atoms with Gasteiger partial charge in [0.2, 0.25) is 0 Å². The van der Waals surface area contributed by atoms with Crippen molar-refractivity contribution in [1.29, 1.82) is 0 Å². The van der Waals surface area contributed by atoms with Crippen LogP contribution < -0.4 is 15.6 Å². The summed E-state index contributed by atoms with van der Waals surface area (Å²) in [5, 5.41) is 7.44. The highest BCUT2D eigenvalue weighted by atomic mass is 32.1. The van der Waals surface area contributed by atoms with Gasteiger partial charge in [0.15, 0.2) is 5.11 Å². The third-order valence-electron chi connectivity index (χ3n) is 3.83. The number of benzene rings is 2. The first-order chi connectivity index (χ1) is 11.7. The van der Waals surface area contributed by atoms with Crippen molar-refractivity contribution >= 4 is 34.9 Å². The fraction of sp³-hybridized carbons (Fsp3) is 0.222. The second-order valence-electron chi connectivity index (χ2n) is 5.60. The van der Waals surface area contributed by atoms with Gasteiger partial charge < -0.3 is 10.2 Å². The van der Waals surface area contributed by atoms with Gasteiger partial charge in [0.1, 0.15) is 5.82 Å². The van der Waals surface area contributed by atoms with Crippen LogP contribution in [-0.2, 0) is 0 Å². The molecule has 0 radical (unpaired) electrons. The summed E-state index contributed by atoms with van der Waals surface area (Å²) in [6, 6.07) is 14.7. The molecule has 0 bridgehead atoms. The smallest absolute Gasteiger partial charge is 0.191 e. The van der Waals surface area contributed by atoms with E-state index >= 15 is 0 Å². The normalized spacial score (nSPS) is 14.1. The monoisotopic (exact) mass is 342 g/mol. The fourth-order valence-corrected chi connectivity index (χ4v) is 2.83. The van der Waals surface area contributed by atoms with Crippen molar-refractivity contribution in [3.63, 3.8) is 0 Å². The van der Waals surface area contributed by atoms with Crippen molar-refractivity contribution < 1.29 is 4.39 Å². The summed E-state index contributed by atoms with van der Waals surface area (Å²) in [5.74, 6) is -0.217. The van der Waals surface area contributed by atoms with Gasteiger partial charge in [-0.1, -0.05) is 24.3 Å². The van der Waals surface area contributed by atoms with Crippen LogP contribution in [0.15, 0.2) is 53.6 Å². The first kappa shape index (κ1) is 16.4. The van der Waals surface area contributed by atoms with E-state index in [1.807, 2.05) is 42.5 Å². The summed E-state index contributed by atoms with van der Waals surface area (Å²) in [7, 11) is 0. The minimum absolute atomic E-state index is 0.217. The molecule has 2 aromatic carbocycles. The number of rotatable bonds is 4. The molecule has 124 valence electrons. The zero-order chi connectivity index (χ0) is 16.8. The second kappa shape index (κ2) is 7.88. The van der Waals surface area contributed by atoms with Crippen LogP contribution in [0.25, 0.3) is 0 Å². The van der Waals surface area contributed by atoms with Gasteiger partial charge in [0.25, 0.3) is 0 Å². The Morgan fingerprint density at radius 2 is 1.88 bits per heavy atom. The number of hydrogen-bond acceptors (Lipinski definition) is 3. The summed E-state index contributed by atoms with van der Waals surface area (Å²) < 4.78 is 14.2. The number of hydrazone groups is 1. The van der Waals surface area contributed by atoms with E-state index in [-0.39, 0.29) is 5.82 Å². The van der Waals surface area contributed by atoms with Gasteiger partial charge in [-0.05, 0) is 54.9 Å². The fourth-order valence-electron chi connectivity index (χ4n) is 2.66. The molecule has 0 amide bonds. The molecule has 0 atom stereocenters. The Hall–Kier alpha value is -2.47. The quantitative estimate of drug-likeness (QED) is 0.504. The maximum Gasteiger partial charge on any atom is 0.191 e. The predicted octanol–water partition coefficient (Wildman–Crippen LogP) is 3.75. The van der Waals surface area contributed by atoms with E-state index in [0.717, 1.165) is 31.6 Å². The number of nitrogens with zero attached hydrogens (tertiary/aromatic N) is 2. The number of halogens is 1. The molecule has 2 N–H and O–H groups in total. The van der Waals surface area contributed by atoms with Crippen LogP contribution in [0.5, 0.6) is 0 Å². The van der Waals surface area contributed by atoms with Crippen molar-refractivity contribution in [2.75, 3.05) is 23.3 Å². The zero-order valence-corrected chi connectivity index (χ0v) is 14.0. The van der Waals surface area contributed by atoms with Crippen LogP contribution in [0.3, 0.4) is 0 Å². The van der Waals surface area contributed by atoms with E-state index in [2.05, 4.69) is 20.7 Å². The molecule has 0 aromatic heterocycles. The number of para-hydroxylation sites is 1. The highest BCUT2D eigenvalue weighted by molar-refractivity contribution is 7.80. The van der Waals surface area contributed by atoms with Crippen LogP contribution in [0.4, 0.5) is 15.8 Å². The number of nitrogens with one attached hydrogen (secondary N) is 2. The summed E-state index contributed by atoms with van der Waals surface area (Å²) in [4.78, 5) is 2.08. The number of anilines is 2. The second-order valence-corrected chi connectivity index (χ2v) is 6.00. The van der Waals surface area contributed by atoms with Gasteiger partial charge >= 0.3 is 0 Å². The molecular formula is C18H19FN4S.